The van der Waals surface area contributed by atoms with Crippen LogP contribution in [0.5, 0.6) is 0 Å². The number of hydrogen-bond acceptors (Lipinski definition) is 4. The summed E-state index contributed by atoms with van der Waals surface area (Å²) in [5, 5.41) is 3.92. The molecule has 3 nitrogen and oxygen atoms in total. The van der Waals surface area contributed by atoms with Crippen LogP contribution in [-0.2, 0) is 9.53 Å². The summed E-state index contributed by atoms with van der Waals surface area (Å²) in [7, 11) is 1.45. The molecule has 3 atom stereocenters. The van der Waals surface area contributed by atoms with Gasteiger partial charge in [-0.2, -0.15) is 0 Å². The van der Waals surface area contributed by atoms with Gasteiger partial charge in [0.05, 0.1) is 19.1 Å². The highest BCUT2D eigenvalue weighted by molar-refractivity contribution is 8.03. The van der Waals surface area contributed by atoms with Gasteiger partial charge in [-0.05, 0) is 6.42 Å². The zero-order valence-corrected chi connectivity index (χ0v) is 10.0. The minimum absolute atomic E-state index is 0.116. The van der Waals surface area contributed by atoms with Crippen molar-refractivity contribution in [3.05, 3.63) is 23.1 Å². The number of nitrogens with one attached hydrogen (secondary N) is 1. The van der Waals surface area contributed by atoms with Crippen LogP contribution in [0.1, 0.15) is 12.8 Å². The van der Waals surface area contributed by atoms with E-state index in [0.29, 0.717) is 17.6 Å². The van der Waals surface area contributed by atoms with E-state index in [4.69, 9.17) is 4.74 Å². The van der Waals surface area contributed by atoms with Gasteiger partial charge >= 0.3 is 5.97 Å². The first-order valence-electron chi connectivity index (χ1n) is 5.62. The molecule has 86 valence electrons. The Morgan fingerprint density at radius 3 is 3.44 bits per heavy atom. The number of ether oxygens (including phenoxy) is 1. The van der Waals surface area contributed by atoms with Crippen LogP contribution in [0.25, 0.3) is 0 Å². The highest BCUT2D eigenvalue weighted by atomic mass is 32.2. The third kappa shape index (κ3) is 1.52. The lowest BCUT2D eigenvalue weighted by Crippen LogP contribution is -2.44. The van der Waals surface area contributed by atoms with Gasteiger partial charge in [-0.25, -0.2) is 0 Å². The number of hydrogen-bond donors (Lipinski definition) is 1. The Hall–Kier alpha value is -0.740. The molecule has 3 aliphatic rings. The van der Waals surface area contributed by atoms with E-state index in [1.807, 2.05) is 11.8 Å². The maximum Gasteiger partial charge on any atom is 0.306 e. The molecule has 0 radical (unpaired) electrons. The molecule has 0 aromatic rings. The van der Waals surface area contributed by atoms with E-state index in [9.17, 15) is 4.79 Å². The lowest BCUT2D eigenvalue weighted by atomic mass is 10.1. The summed E-state index contributed by atoms with van der Waals surface area (Å²) in [5.41, 5.74) is 0.242. The Labute approximate surface area is 99.3 Å². The van der Waals surface area contributed by atoms with Gasteiger partial charge in [0.2, 0.25) is 0 Å². The summed E-state index contributed by atoms with van der Waals surface area (Å²) in [4.78, 5) is 12.6. The minimum atomic E-state index is -0.116. The van der Waals surface area contributed by atoms with Crippen LogP contribution < -0.4 is 5.32 Å². The van der Waals surface area contributed by atoms with Crippen LogP contribution in [0.4, 0.5) is 0 Å². The SMILES string of the molecule is COC(=O)CC1CNC23CC2C=CC=C3S1. The number of thioether (sulfide) groups is 1. The second-order valence-electron chi connectivity index (χ2n) is 4.60. The van der Waals surface area contributed by atoms with Crippen molar-refractivity contribution in [2.24, 2.45) is 5.92 Å². The van der Waals surface area contributed by atoms with Crippen molar-refractivity contribution in [2.45, 2.75) is 23.6 Å². The first-order chi connectivity index (χ1) is 7.74. The van der Waals surface area contributed by atoms with Gasteiger partial charge in [0.1, 0.15) is 0 Å². The van der Waals surface area contributed by atoms with E-state index < -0.39 is 0 Å². The van der Waals surface area contributed by atoms with Gasteiger partial charge in [0, 0.05) is 22.6 Å². The van der Waals surface area contributed by atoms with Crippen molar-refractivity contribution in [3.63, 3.8) is 0 Å². The van der Waals surface area contributed by atoms with Gasteiger partial charge < -0.3 is 10.1 Å². The molecule has 1 saturated carbocycles. The molecule has 2 fully saturated rings. The van der Waals surface area contributed by atoms with Gasteiger partial charge in [-0.15, -0.1) is 11.8 Å². The Balaban J connectivity index is 1.69. The number of rotatable bonds is 2. The molecule has 0 aromatic heterocycles. The molecule has 1 heterocycles. The van der Waals surface area contributed by atoms with Crippen molar-refractivity contribution in [1.82, 2.24) is 5.32 Å². The van der Waals surface area contributed by atoms with Crippen molar-refractivity contribution in [1.29, 1.82) is 0 Å². The predicted molar refractivity (Wildman–Crippen MR) is 64.1 cm³/mol. The molecule has 0 bridgehead atoms. The Kier molecular flexibility index (Phi) is 2.37. The van der Waals surface area contributed by atoms with Crippen LogP contribution in [0.3, 0.4) is 0 Å². The molecule has 1 saturated heterocycles. The highest BCUT2D eigenvalue weighted by Crippen LogP contribution is 2.57. The van der Waals surface area contributed by atoms with Crippen molar-refractivity contribution in [2.75, 3.05) is 13.7 Å². The van der Waals surface area contributed by atoms with Crippen LogP contribution >= 0.6 is 11.8 Å². The van der Waals surface area contributed by atoms with Gasteiger partial charge in [-0.1, -0.05) is 18.2 Å². The maximum atomic E-state index is 11.2. The molecule has 1 spiro atoms. The van der Waals surface area contributed by atoms with Crippen LogP contribution in [0.15, 0.2) is 23.1 Å². The standard InChI is InChI=1S/C12H15NO2S/c1-15-11(14)5-9-7-13-12-6-8(12)3-2-4-10(12)16-9/h2-4,8-9,13H,5-7H2,1H3. The third-order valence-corrected chi connectivity index (χ3v) is 5.03. The summed E-state index contributed by atoms with van der Waals surface area (Å²) < 4.78 is 4.71. The highest BCUT2D eigenvalue weighted by Gasteiger charge is 2.58. The average Bonchev–Trinajstić information content (AvgIpc) is 3.01. The zero-order valence-electron chi connectivity index (χ0n) is 9.23. The summed E-state index contributed by atoms with van der Waals surface area (Å²) >= 11 is 1.85. The monoisotopic (exact) mass is 237 g/mol. The van der Waals surface area contributed by atoms with Gasteiger partial charge in [-0.3, -0.25) is 4.79 Å². The Morgan fingerprint density at radius 2 is 2.62 bits per heavy atom. The second kappa shape index (κ2) is 3.64. The number of esters is 1. The van der Waals surface area contributed by atoms with Crippen LogP contribution in [0.2, 0.25) is 0 Å². The molecule has 4 heteroatoms. The smallest absolute Gasteiger partial charge is 0.306 e. The van der Waals surface area contributed by atoms with E-state index >= 15 is 0 Å². The molecule has 2 aliphatic carbocycles. The number of carbonyl (C=O) groups is 1. The van der Waals surface area contributed by atoms with E-state index in [0.717, 1.165) is 6.54 Å². The normalized spacial score (nSPS) is 39.4. The van der Waals surface area contributed by atoms with Crippen molar-refractivity contribution < 1.29 is 9.53 Å². The molecule has 1 aliphatic heterocycles. The van der Waals surface area contributed by atoms with Gasteiger partial charge in [0.15, 0.2) is 0 Å². The summed E-state index contributed by atoms with van der Waals surface area (Å²) in [5.74, 6) is 0.564. The van der Waals surface area contributed by atoms with Crippen molar-refractivity contribution >= 4 is 17.7 Å². The minimum Gasteiger partial charge on any atom is -0.469 e. The molecule has 16 heavy (non-hydrogen) atoms. The quantitative estimate of drug-likeness (QED) is 0.738. The van der Waals surface area contributed by atoms with E-state index in [1.54, 1.807) is 0 Å². The first kappa shape index (κ1) is 10.4. The number of carbonyl (C=O) groups excluding carboxylic acids is 1. The molecular weight excluding hydrogens is 222 g/mol. The van der Waals surface area contributed by atoms with Crippen LogP contribution in [0, 0.1) is 5.92 Å². The summed E-state index contributed by atoms with van der Waals surface area (Å²) in [6.07, 6.45) is 8.31. The fourth-order valence-corrected chi connectivity index (χ4v) is 3.98. The first-order valence-corrected chi connectivity index (χ1v) is 6.50. The fourth-order valence-electron chi connectivity index (χ4n) is 2.56. The summed E-state index contributed by atoms with van der Waals surface area (Å²) in [6, 6.07) is 0. The largest absolute Gasteiger partial charge is 0.469 e. The van der Waals surface area contributed by atoms with E-state index in [1.165, 1.54) is 18.4 Å². The van der Waals surface area contributed by atoms with Crippen molar-refractivity contribution in [3.8, 4) is 0 Å². The van der Waals surface area contributed by atoms with E-state index in [2.05, 4.69) is 23.5 Å². The van der Waals surface area contributed by atoms with Crippen LogP contribution in [-0.4, -0.2) is 30.4 Å². The Morgan fingerprint density at radius 1 is 1.75 bits per heavy atom. The number of allylic oxidation sites excluding steroid dienone is 2. The van der Waals surface area contributed by atoms with E-state index in [-0.39, 0.29) is 11.5 Å². The lowest BCUT2D eigenvalue weighted by Gasteiger charge is -2.33. The molecular formula is C12H15NO2S. The zero-order chi connectivity index (χ0) is 11.2. The maximum absolute atomic E-state index is 11.2. The topological polar surface area (TPSA) is 38.3 Å². The third-order valence-electron chi connectivity index (χ3n) is 3.61. The molecule has 3 unspecified atom stereocenters. The molecule has 0 aromatic carbocycles. The predicted octanol–water partition coefficient (Wildman–Crippen LogP) is 1.47. The molecule has 1 N–H and O–H groups in total. The lowest BCUT2D eigenvalue weighted by molar-refractivity contribution is -0.140. The Bertz CT molecular complexity index is 390. The fraction of sp³-hybridized carbons (Fsp3) is 0.583. The molecule has 3 rings (SSSR count). The average molecular weight is 237 g/mol. The molecule has 0 amide bonds. The number of methoxy groups -OCH3 is 1. The van der Waals surface area contributed by atoms with Gasteiger partial charge in [0.25, 0.3) is 0 Å². The second-order valence-corrected chi connectivity index (χ2v) is 5.94. The summed E-state index contributed by atoms with van der Waals surface area (Å²) in [6.45, 7) is 0.904.